The summed E-state index contributed by atoms with van der Waals surface area (Å²) in [4.78, 5) is 13.9. The maximum absolute atomic E-state index is 13.9. The Morgan fingerprint density at radius 3 is 2.57 bits per heavy atom. The topological polar surface area (TPSA) is 96.0 Å². The van der Waals surface area contributed by atoms with E-state index in [1.165, 1.54) is 0 Å². The summed E-state index contributed by atoms with van der Waals surface area (Å²) in [5.41, 5.74) is -1.19. The first-order chi connectivity index (χ1) is 17.7. The van der Waals surface area contributed by atoms with Crippen LogP contribution in [0.3, 0.4) is 0 Å². The van der Waals surface area contributed by atoms with Gasteiger partial charge in [-0.15, -0.1) is 0 Å². The molecule has 0 radical (unpaired) electrons. The van der Waals surface area contributed by atoms with Gasteiger partial charge in [0.15, 0.2) is 12.6 Å². The van der Waals surface area contributed by atoms with Crippen LogP contribution < -0.4 is 0 Å². The Kier molecular flexibility index (Phi) is 5.56. The van der Waals surface area contributed by atoms with Gasteiger partial charge in [-0.25, -0.2) is 0 Å². The van der Waals surface area contributed by atoms with Gasteiger partial charge in [-0.2, -0.15) is 0 Å². The van der Waals surface area contributed by atoms with Crippen LogP contribution in [0.2, 0.25) is 0 Å². The molecule has 3 saturated carbocycles. The lowest BCUT2D eigenvalue weighted by Crippen LogP contribution is -2.66. The number of ether oxygens (including phenoxy) is 6. The number of hydrogen-bond acceptors (Lipinski definition) is 7. The standard InChI is InChI=1S/C29H42O8/c1-14(2)20-10-17-11-28(26-33-8-9-34-26)19-7-6-15(3)18(19)12-27(17,29(20,28)25(30)31)13-35-24-23-22(37-23)21(32-5)16(4)36-24/h10,14-19,21-24,26H,6-9,11-13H2,1-5H3,(H,30,31)/t15?,16-,17?,18?,19?,21-,22-,23-,24-,27?,28?,29?/m1/s1. The number of allylic oxidation sites excluding steroid dienone is 1. The van der Waals surface area contributed by atoms with E-state index in [4.69, 9.17) is 28.4 Å². The van der Waals surface area contributed by atoms with Gasteiger partial charge in [0.2, 0.25) is 0 Å². The summed E-state index contributed by atoms with van der Waals surface area (Å²) in [6.45, 7) is 10.0. The molecule has 6 fully saturated rings. The first-order valence-corrected chi connectivity index (χ1v) is 14.4. The van der Waals surface area contributed by atoms with Gasteiger partial charge in [-0.1, -0.05) is 38.8 Å². The van der Waals surface area contributed by atoms with Gasteiger partial charge in [0, 0.05) is 17.9 Å². The zero-order valence-corrected chi connectivity index (χ0v) is 22.7. The van der Waals surface area contributed by atoms with Crippen molar-refractivity contribution in [2.45, 2.75) is 90.4 Å². The number of carboxylic acid groups (broad SMARTS) is 1. The number of hydrogen-bond donors (Lipinski definition) is 1. The maximum atomic E-state index is 13.9. The second kappa shape index (κ2) is 8.24. The van der Waals surface area contributed by atoms with Gasteiger partial charge in [-0.05, 0) is 55.8 Å². The predicted molar refractivity (Wildman–Crippen MR) is 131 cm³/mol. The third kappa shape index (κ3) is 2.88. The highest BCUT2D eigenvalue weighted by atomic mass is 16.8. The SMILES string of the molecule is CO[C@H]1[C@H]2O[C@H]2[C@H](OCC23CC4C(C)CCC4C4(C5OCCO5)CC2C=C(C(C)C)C34C(=O)O)O[C@@H]1C. The van der Waals surface area contributed by atoms with Crippen LogP contribution in [0.25, 0.3) is 0 Å². The van der Waals surface area contributed by atoms with E-state index in [0.717, 1.165) is 31.3 Å². The number of methoxy groups -OCH3 is 1. The zero-order chi connectivity index (χ0) is 25.9. The minimum absolute atomic E-state index is 0.0284. The van der Waals surface area contributed by atoms with E-state index in [9.17, 15) is 9.90 Å². The fourth-order valence-corrected chi connectivity index (χ4v) is 10.5. The summed E-state index contributed by atoms with van der Waals surface area (Å²) in [5.74, 6) is 0.735. The average molecular weight is 519 g/mol. The highest BCUT2D eigenvalue weighted by Gasteiger charge is 2.86. The molecule has 0 amide bonds. The highest BCUT2D eigenvalue weighted by Crippen LogP contribution is 2.84. The summed E-state index contributed by atoms with van der Waals surface area (Å²) in [6, 6.07) is 0. The fourth-order valence-electron chi connectivity index (χ4n) is 10.5. The zero-order valence-electron chi connectivity index (χ0n) is 22.7. The van der Waals surface area contributed by atoms with Crippen LogP contribution in [-0.4, -0.2) is 75.0 Å². The molecule has 4 aliphatic carbocycles. The second-order valence-electron chi connectivity index (χ2n) is 13.2. The largest absolute Gasteiger partial charge is 0.481 e. The molecule has 37 heavy (non-hydrogen) atoms. The van der Waals surface area contributed by atoms with Crippen LogP contribution in [0.5, 0.6) is 0 Å². The third-order valence-corrected chi connectivity index (χ3v) is 11.7. The summed E-state index contributed by atoms with van der Waals surface area (Å²) in [6.07, 6.45) is 4.66. The number of carboxylic acids is 1. The molecule has 7 aliphatic rings. The van der Waals surface area contributed by atoms with E-state index < -0.39 is 34.8 Å². The van der Waals surface area contributed by atoms with Crippen molar-refractivity contribution in [2.75, 3.05) is 26.9 Å². The molecular weight excluding hydrogens is 476 g/mol. The lowest BCUT2D eigenvalue weighted by atomic mass is 9.42. The first-order valence-electron chi connectivity index (χ1n) is 14.4. The number of carbonyl (C=O) groups is 1. The van der Waals surface area contributed by atoms with E-state index in [1.807, 2.05) is 6.92 Å². The Balaban J connectivity index is 1.32. The van der Waals surface area contributed by atoms with Crippen molar-refractivity contribution in [1.29, 1.82) is 0 Å². The Morgan fingerprint density at radius 2 is 1.89 bits per heavy atom. The normalized spacial score (nSPS) is 53.9. The van der Waals surface area contributed by atoms with Crippen LogP contribution in [0, 0.1) is 45.8 Å². The van der Waals surface area contributed by atoms with Gasteiger partial charge in [0.05, 0.1) is 25.9 Å². The molecule has 12 atom stereocenters. The summed E-state index contributed by atoms with van der Waals surface area (Å²) >= 11 is 0. The summed E-state index contributed by atoms with van der Waals surface area (Å²) in [7, 11) is 1.68. The van der Waals surface area contributed by atoms with Gasteiger partial charge >= 0.3 is 5.97 Å². The van der Waals surface area contributed by atoms with E-state index in [2.05, 4.69) is 26.8 Å². The highest BCUT2D eigenvalue weighted by molar-refractivity contribution is 5.85. The van der Waals surface area contributed by atoms with Crippen molar-refractivity contribution in [2.24, 2.45) is 45.8 Å². The monoisotopic (exact) mass is 518 g/mol. The number of rotatable bonds is 7. The molecular formula is C29H42O8. The molecule has 7 unspecified atom stereocenters. The third-order valence-electron chi connectivity index (χ3n) is 11.7. The molecule has 206 valence electrons. The Labute approximate surface area is 219 Å². The lowest BCUT2D eigenvalue weighted by Gasteiger charge is -2.61. The van der Waals surface area contributed by atoms with E-state index in [0.29, 0.717) is 31.7 Å². The molecule has 8 heteroatoms. The van der Waals surface area contributed by atoms with E-state index >= 15 is 0 Å². The molecule has 3 saturated heterocycles. The van der Waals surface area contributed by atoms with Crippen molar-refractivity contribution < 1.29 is 38.3 Å². The van der Waals surface area contributed by atoms with Gasteiger partial charge in [0.25, 0.3) is 0 Å². The summed E-state index contributed by atoms with van der Waals surface area (Å²) in [5, 5.41) is 11.4. The second-order valence-corrected chi connectivity index (χ2v) is 13.2. The minimum Gasteiger partial charge on any atom is -0.481 e. The Hall–Kier alpha value is -1.03. The van der Waals surface area contributed by atoms with Crippen molar-refractivity contribution in [3.8, 4) is 0 Å². The van der Waals surface area contributed by atoms with E-state index in [-0.39, 0.29) is 42.2 Å². The summed E-state index contributed by atoms with van der Waals surface area (Å²) < 4.78 is 37.0. The molecule has 3 heterocycles. The number of epoxide rings is 1. The molecule has 4 bridgehead atoms. The van der Waals surface area contributed by atoms with Crippen molar-refractivity contribution in [3.05, 3.63) is 11.6 Å². The molecule has 7 rings (SSSR count). The van der Waals surface area contributed by atoms with Crippen LogP contribution in [-0.2, 0) is 33.2 Å². The molecule has 0 aromatic heterocycles. The van der Waals surface area contributed by atoms with Crippen molar-refractivity contribution in [1.82, 2.24) is 0 Å². The van der Waals surface area contributed by atoms with Crippen LogP contribution in [0.1, 0.15) is 53.4 Å². The van der Waals surface area contributed by atoms with E-state index in [1.54, 1.807) is 7.11 Å². The Bertz CT molecular complexity index is 988. The van der Waals surface area contributed by atoms with Crippen molar-refractivity contribution >= 4 is 5.97 Å². The lowest BCUT2D eigenvalue weighted by molar-refractivity contribution is -0.262. The number of aliphatic carboxylic acids is 1. The Morgan fingerprint density at radius 1 is 1.14 bits per heavy atom. The first kappa shape index (κ1) is 25.0. The van der Waals surface area contributed by atoms with Gasteiger partial charge in [0.1, 0.15) is 23.7 Å². The molecule has 3 aliphatic heterocycles. The average Bonchev–Trinajstić information content (AvgIpc) is 3.17. The minimum atomic E-state index is -1.09. The fraction of sp³-hybridized carbons (Fsp3) is 0.897. The van der Waals surface area contributed by atoms with Gasteiger partial charge in [-0.3, -0.25) is 4.79 Å². The smallest absolute Gasteiger partial charge is 0.315 e. The quantitative estimate of drug-likeness (QED) is 0.403. The van der Waals surface area contributed by atoms with Crippen LogP contribution >= 0.6 is 0 Å². The van der Waals surface area contributed by atoms with Crippen LogP contribution in [0.4, 0.5) is 0 Å². The maximum Gasteiger partial charge on any atom is 0.315 e. The predicted octanol–water partition coefficient (Wildman–Crippen LogP) is 3.63. The van der Waals surface area contributed by atoms with Gasteiger partial charge < -0.3 is 33.5 Å². The molecule has 0 aromatic carbocycles. The number of fused-ring (bicyclic) bond motifs is 3. The molecule has 0 aromatic rings. The molecule has 1 N–H and O–H groups in total. The molecule has 0 spiro atoms. The van der Waals surface area contributed by atoms with Crippen LogP contribution in [0.15, 0.2) is 11.6 Å². The van der Waals surface area contributed by atoms with Crippen molar-refractivity contribution in [3.63, 3.8) is 0 Å². The molecule has 8 nitrogen and oxygen atoms in total.